The quantitative estimate of drug-likeness (QED) is 0.332. The number of nitrogens with zero attached hydrogens (tertiary/aromatic N) is 2. The minimum absolute atomic E-state index is 0.236. The van der Waals surface area contributed by atoms with E-state index in [2.05, 4.69) is 60.7 Å². The number of fused-ring (bicyclic) bond motifs is 1. The van der Waals surface area contributed by atoms with Crippen molar-refractivity contribution < 1.29 is 13.6 Å². The summed E-state index contributed by atoms with van der Waals surface area (Å²) in [6, 6.07) is 26.1. The molecule has 0 saturated heterocycles. The normalized spacial score (nSPS) is 21.1. The molecule has 34 heavy (non-hydrogen) atoms. The molecule has 4 aromatic rings. The van der Waals surface area contributed by atoms with E-state index >= 15 is 0 Å². The molecule has 0 spiro atoms. The first-order valence-electron chi connectivity index (χ1n) is 11.3. The molecule has 0 amide bonds. The molecule has 168 valence electrons. The molecule has 0 N–H and O–H groups in total. The Morgan fingerprint density at radius 2 is 1.59 bits per heavy atom. The monoisotopic (exact) mass is 448 g/mol. The van der Waals surface area contributed by atoms with Gasteiger partial charge in [-0.05, 0) is 28.8 Å². The third kappa shape index (κ3) is 3.33. The number of aliphatic imine (C=N–C) groups is 1. The summed E-state index contributed by atoms with van der Waals surface area (Å²) in [5.41, 5.74) is 3.93. The van der Waals surface area contributed by atoms with Gasteiger partial charge in [-0.15, -0.1) is 0 Å². The third-order valence-corrected chi connectivity index (χ3v) is 6.54. The van der Waals surface area contributed by atoms with Crippen LogP contribution >= 0.6 is 0 Å². The van der Waals surface area contributed by atoms with Gasteiger partial charge in [-0.3, -0.25) is 4.99 Å². The van der Waals surface area contributed by atoms with Gasteiger partial charge in [0.1, 0.15) is 17.5 Å². The Morgan fingerprint density at radius 1 is 0.882 bits per heavy atom. The van der Waals surface area contributed by atoms with E-state index in [9.17, 15) is 0 Å². The molecular formula is C29H24N2O3. The van der Waals surface area contributed by atoms with Crippen LogP contribution in [-0.4, -0.2) is 18.5 Å². The van der Waals surface area contributed by atoms with Crippen molar-refractivity contribution >= 4 is 23.2 Å². The number of benzene rings is 2. The number of amidine groups is 1. The summed E-state index contributed by atoms with van der Waals surface area (Å²) < 4.78 is 17.9. The van der Waals surface area contributed by atoms with Gasteiger partial charge in [0.15, 0.2) is 0 Å². The molecule has 1 aliphatic carbocycles. The van der Waals surface area contributed by atoms with E-state index in [-0.39, 0.29) is 6.04 Å². The van der Waals surface area contributed by atoms with Crippen LogP contribution in [0.5, 0.6) is 0 Å². The summed E-state index contributed by atoms with van der Waals surface area (Å²) in [5.74, 6) is 2.05. The molecule has 5 nitrogen and oxygen atoms in total. The maximum absolute atomic E-state index is 6.28. The average Bonchev–Trinajstić information content (AvgIpc) is 3.68. The maximum Gasteiger partial charge on any atom is 0.207 e. The second kappa shape index (κ2) is 8.36. The molecule has 2 aromatic heterocycles. The van der Waals surface area contributed by atoms with E-state index in [1.807, 2.05) is 41.3 Å². The number of allylic oxidation sites excluding steroid dienone is 2. The van der Waals surface area contributed by atoms with Crippen molar-refractivity contribution in [1.29, 1.82) is 0 Å². The van der Waals surface area contributed by atoms with Gasteiger partial charge in [0, 0.05) is 31.2 Å². The van der Waals surface area contributed by atoms with Crippen LogP contribution in [0.1, 0.15) is 29.2 Å². The van der Waals surface area contributed by atoms with Crippen molar-refractivity contribution in [3.63, 3.8) is 0 Å². The number of hydrogen-bond donors (Lipinski definition) is 0. The van der Waals surface area contributed by atoms with Crippen LogP contribution in [0.25, 0.3) is 5.57 Å². The van der Waals surface area contributed by atoms with Gasteiger partial charge < -0.3 is 13.6 Å². The molecule has 0 bridgehead atoms. The van der Waals surface area contributed by atoms with E-state index in [0.717, 1.165) is 17.0 Å². The summed E-state index contributed by atoms with van der Waals surface area (Å²) in [5, 5.41) is 0. The Kier molecular flexibility index (Phi) is 5.04. The van der Waals surface area contributed by atoms with Crippen LogP contribution in [0.15, 0.2) is 123 Å². The van der Waals surface area contributed by atoms with Gasteiger partial charge in [-0.2, -0.15) is 0 Å². The number of furan rings is 2. The predicted molar refractivity (Wildman–Crippen MR) is 133 cm³/mol. The van der Waals surface area contributed by atoms with Gasteiger partial charge in [0.25, 0.3) is 0 Å². The highest BCUT2D eigenvalue weighted by Crippen LogP contribution is 2.47. The van der Waals surface area contributed by atoms with Crippen LogP contribution in [-0.2, 0) is 4.74 Å². The lowest BCUT2D eigenvalue weighted by atomic mass is 9.79. The molecule has 2 atom stereocenters. The van der Waals surface area contributed by atoms with E-state index in [0.29, 0.717) is 18.2 Å². The smallest absolute Gasteiger partial charge is 0.207 e. The summed E-state index contributed by atoms with van der Waals surface area (Å²) >= 11 is 0. The topological polar surface area (TPSA) is 51.1 Å². The van der Waals surface area contributed by atoms with Gasteiger partial charge in [0.2, 0.25) is 11.8 Å². The molecule has 3 heterocycles. The lowest BCUT2D eigenvalue weighted by molar-refractivity contribution is 0.0147. The average molecular weight is 449 g/mol. The van der Waals surface area contributed by atoms with Crippen LogP contribution < -0.4 is 4.90 Å². The fraction of sp³-hybridized carbons (Fsp3) is 0.138. The summed E-state index contributed by atoms with van der Waals surface area (Å²) in [4.78, 5) is 7.20. The first-order chi connectivity index (χ1) is 16.8. The highest BCUT2D eigenvalue weighted by molar-refractivity contribution is 6.15. The Morgan fingerprint density at radius 3 is 2.26 bits per heavy atom. The number of anilines is 2. The van der Waals surface area contributed by atoms with Crippen molar-refractivity contribution in [2.24, 2.45) is 4.99 Å². The SMILES string of the molecule is COC1(C2N=C(N(c3ccco3)c3ccco3)c3ccccc32)C=CC=C(c2ccccc2)C1. The maximum atomic E-state index is 6.28. The molecular weight excluding hydrogens is 424 g/mol. The number of rotatable bonds is 5. The lowest BCUT2D eigenvalue weighted by Crippen LogP contribution is -2.36. The van der Waals surface area contributed by atoms with Crippen molar-refractivity contribution in [3.05, 3.63) is 126 Å². The zero-order valence-corrected chi connectivity index (χ0v) is 18.8. The van der Waals surface area contributed by atoms with Crippen LogP contribution in [0.3, 0.4) is 0 Å². The molecule has 0 saturated carbocycles. The lowest BCUT2D eigenvalue weighted by Gasteiger charge is -2.36. The fourth-order valence-electron chi connectivity index (χ4n) is 4.90. The Hall–Kier alpha value is -4.09. The van der Waals surface area contributed by atoms with Crippen molar-refractivity contribution in [3.8, 4) is 0 Å². The molecule has 0 radical (unpaired) electrons. The third-order valence-electron chi connectivity index (χ3n) is 6.54. The minimum Gasteiger partial charge on any atom is -0.448 e. The molecule has 2 unspecified atom stereocenters. The van der Waals surface area contributed by atoms with E-state index in [1.54, 1.807) is 19.6 Å². The van der Waals surface area contributed by atoms with Crippen LogP contribution in [0.2, 0.25) is 0 Å². The zero-order valence-electron chi connectivity index (χ0n) is 18.8. The Labute approximate surface area is 198 Å². The second-order valence-electron chi connectivity index (χ2n) is 8.43. The van der Waals surface area contributed by atoms with Gasteiger partial charge >= 0.3 is 0 Å². The van der Waals surface area contributed by atoms with E-state index in [1.165, 1.54) is 11.1 Å². The highest BCUT2D eigenvalue weighted by atomic mass is 16.5. The van der Waals surface area contributed by atoms with Gasteiger partial charge in [-0.1, -0.05) is 72.8 Å². The second-order valence-corrected chi connectivity index (χ2v) is 8.43. The molecule has 1 aliphatic heterocycles. The summed E-state index contributed by atoms with van der Waals surface area (Å²) in [6.07, 6.45) is 10.4. The van der Waals surface area contributed by atoms with Crippen molar-refractivity contribution in [1.82, 2.24) is 0 Å². The van der Waals surface area contributed by atoms with E-state index in [4.69, 9.17) is 18.6 Å². The molecule has 2 aliphatic rings. The number of hydrogen-bond acceptors (Lipinski definition) is 5. The first kappa shape index (κ1) is 20.5. The molecule has 2 aromatic carbocycles. The van der Waals surface area contributed by atoms with Crippen LogP contribution in [0, 0.1) is 0 Å². The van der Waals surface area contributed by atoms with E-state index < -0.39 is 5.60 Å². The minimum atomic E-state index is -0.629. The standard InChI is InChI=1S/C29H24N2O3/c1-32-29(17-7-12-22(20-29)21-10-3-2-4-11-21)27-23-13-5-6-14-24(23)28(30-27)31(25-15-8-18-33-25)26-16-9-19-34-26/h2-19,27H,20H2,1H3. The predicted octanol–water partition coefficient (Wildman–Crippen LogP) is 6.94. The number of methoxy groups -OCH3 is 1. The molecule has 5 heteroatoms. The van der Waals surface area contributed by atoms with Crippen LogP contribution in [0.4, 0.5) is 11.8 Å². The largest absolute Gasteiger partial charge is 0.448 e. The summed E-state index contributed by atoms with van der Waals surface area (Å²) in [6.45, 7) is 0. The van der Waals surface area contributed by atoms with Crippen molar-refractivity contribution in [2.75, 3.05) is 12.0 Å². The number of ether oxygens (including phenoxy) is 1. The Balaban J connectivity index is 1.47. The van der Waals surface area contributed by atoms with Gasteiger partial charge in [0.05, 0.1) is 12.5 Å². The van der Waals surface area contributed by atoms with Crippen molar-refractivity contribution in [2.45, 2.75) is 18.1 Å². The first-order valence-corrected chi connectivity index (χ1v) is 11.3. The zero-order chi connectivity index (χ0) is 23.0. The Bertz CT molecular complexity index is 1330. The summed E-state index contributed by atoms with van der Waals surface area (Å²) in [7, 11) is 1.77. The molecule has 6 rings (SSSR count). The highest BCUT2D eigenvalue weighted by Gasteiger charge is 2.45. The fourth-order valence-corrected chi connectivity index (χ4v) is 4.90. The van der Waals surface area contributed by atoms with Gasteiger partial charge in [-0.25, -0.2) is 4.90 Å². The molecule has 0 fully saturated rings.